The molecular formula is C11H13F3N2O2S. The molecule has 1 aromatic heterocycles. The second kappa shape index (κ2) is 5.09. The third-order valence-corrected chi connectivity index (χ3v) is 4.10. The van der Waals surface area contributed by atoms with E-state index in [0.717, 1.165) is 17.8 Å². The number of halogens is 3. The van der Waals surface area contributed by atoms with Gasteiger partial charge < -0.3 is 10.4 Å². The van der Waals surface area contributed by atoms with Crippen LogP contribution in [0.3, 0.4) is 0 Å². The van der Waals surface area contributed by atoms with Crippen molar-refractivity contribution in [1.29, 1.82) is 0 Å². The molecule has 3 rings (SSSR count). The monoisotopic (exact) mass is 294 g/mol. The summed E-state index contributed by atoms with van der Waals surface area (Å²) in [6.07, 6.45) is -5.08. The number of carboxylic acid groups (broad SMARTS) is 1. The van der Waals surface area contributed by atoms with Crippen LogP contribution in [0.25, 0.3) is 0 Å². The van der Waals surface area contributed by atoms with Crippen LogP contribution >= 0.6 is 11.3 Å². The van der Waals surface area contributed by atoms with Gasteiger partial charge in [-0.1, -0.05) is 0 Å². The Labute approximate surface area is 111 Å². The van der Waals surface area contributed by atoms with Gasteiger partial charge in [-0.15, -0.1) is 11.3 Å². The summed E-state index contributed by atoms with van der Waals surface area (Å²) in [6.45, 7) is 4.52. The maximum absolute atomic E-state index is 10.6. The van der Waals surface area contributed by atoms with Crippen LogP contribution < -0.4 is 5.32 Å². The number of alkyl halides is 3. The second-order valence-electron chi connectivity index (χ2n) is 4.61. The van der Waals surface area contributed by atoms with Crippen LogP contribution in [0.5, 0.6) is 0 Å². The van der Waals surface area contributed by atoms with E-state index in [4.69, 9.17) is 9.90 Å². The zero-order valence-electron chi connectivity index (χ0n) is 10.1. The highest BCUT2D eigenvalue weighted by atomic mass is 32.1. The number of rotatable bonds is 1. The quantitative estimate of drug-likeness (QED) is 0.832. The summed E-state index contributed by atoms with van der Waals surface area (Å²) in [4.78, 5) is 13.4. The van der Waals surface area contributed by atoms with E-state index in [1.807, 2.05) is 0 Å². The van der Waals surface area contributed by atoms with Crippen molar-refractivity contribution in [3.63, 3.8) is 0 Å². The van der Waals surface area contributed by atoms with Crippen LogP contribution in [0.2, 0.25) is 0 Å². The molecule has 0 amide bonds. The predicted molar refractivity (Wildman–Crippen MR) is 63.1 cm³/mol. The zero-order chi connectivity index (χ0) is 14.2. The molecule has 1 aliphatic carbocycles. The number of nitrogens with one attached hydrogen (secondary N) is 1. The molecule has 0 spiro atoms. The van der Waals surface area contributed by atoms with E-state index in [1.165, 1.54) is 23.8 Å². The van der Waals surface area contributed by atoms with Crippen molar-refractivity contribution in [2.75, 3.05) is 13.1 Å². The first kappa shape index (κ1) is 14.3. The van der Waals surface area contributed by atoms with E-state index < -0.39 is 12.1 Å². The Morgan fingerprint density at radius 3 is 2.37 bits per heavy atom. The van der Waals surface area contributed by atoms with Crippen LogP contribution in [0, 0.1) is 18.8 Å². The van der Waals surface area contributed by atoms with Crippen molar-refractivity contribution < 1.29 is 23.1 Å². The van der Waals surface area contributed by atoms with Gasteiger partial charge in [-0.2, -0.15) is 13.2 Å². The molecule has 0 bridgehead atoms. The number of nitrogens with zero attached hydrogens (tertiary/aromatic N) is 1. The standard InChI is InChI=1S/C9H12N2S.C2HF3O2/c1-5-11-8(4-12-5)9-6-2-10-3-7(6)9;3-2(4,5)1(6)7/h4,6-7,9-10H,2-3H2,1H3;(H,6,7)/t6-,7+,9+;. The summed E-state index contributed by atoms with van der Waals surface area (Å²) >= 11 is 1.78. The number of fused-ring (bicyclic) bond motifs is 1. The second-order valence-corrected chi connectivity index (χ2v) is 5.67. The third-order valence-electron chi connectivity index (χ3n) is 3.31. The van der Waals surface area contributed by atoms with Gasteiger partial charge in [-0.05, 0) is 31.8 Å². The molecule has 1 aromatic rings. The molecule has 1 aliphatic heterocycles. The molecule has 0 aromatic carbocycles. The van der Waals surface area contributed by atoms with Crippen molar-refractivity contribution in [3.05, 3.63) is 16.1 Å². The van der Waals surface area contributed by atoms with E-state index in [1.54, 1.807) is 11.3 Å². The molecule has 1 saturated carbocycles. The third kappa shape index (κ3) is 3.24. The van der Waals surface area contributed by atoms with Gasteiger partial charge in [0.15, 0.2) is 0 Å². The number of carboxylic acids is 1. The molecule has 106 valence electrons. The average molecular weight is 294 g/mol. The lowest BCUT2D eigenvalue weighted by atomic mass is 10.2. The molecule has 1 saturated heterocycles. The SMILES string of the molecule is Cc1nc([C@H]2[C@@H]3CNC[C@@H]32)cs1.O=C(O)C(F)(F)F. The molecule has 2 fully saturated rings. The van der Waals surface area contributed by atoms with E-state index in [9.17, 15) is 13.2 Å². The zero-order valence-corrected chi connectivity index (χ0v) is 10.9. The molecule has 3 atom stereocenters. The molecule has 0 unspecified atom stereocenters. The summed E-state index contributed by atoms with van der Waals surface area (Å²) in [5.41, 5.74) is 1.36. The minimum atomic E-state index is -5.08. The lowest BCUT2D eigenvalue weighted by Gasteiger charge is -1.99. The first-order chi connectivity index (χ1) is 8.80. The number of aromatic nitrogens is 1. The molecule has 2 aliphatic rings. The van der Waals surface area contributed by atoms with Crippen LogP contribution in [-0.4, -0.2) is 35.3 Å². The van der Waals surface area contributed by atoms with E-state index in [2.05, 4.69) is 22.6 Å². The van der Waals surface area contributed by atoms with Crippen molar-refractivity contribution in [2.45, 2.75) is 19.0 Å². The summed E-state index contributed by atoms with van der Waals surface area (Å²) in [6, 6.07) is 0. The number of aliphatic carboxylic acids is 1. The molecule has 2 N–H and O–H groups in total. The maximum atomic E-state index is 10.6. The van der Waals surface area contributed by atoms with E-state index >= 15 is 0 Å². The summed E-state index contributed by atoms with van der Waals surface area (Å²) < 4.78 is 31.7. The molecule has 0 radical (unpaired) electrons. The van der Waals surface area contributed by atoms with Crippen LogP contribution in [0.4, 0.5) is 13.2 Å². The average Bonchev–Trinajstić information content (AvgIpc) is 2.68. The number of piperidine rings is 1. The van der Waals surface area contributed by atoms with Gasteiger partial charge in [-0.25, -0.2) is 9.78 Å². The normalized spacial score (nSPS) is 28.3. The number of aryl methyl sites for hydroxylation is 1. The molecule has 2 heterocycles. The van der Waals surface area contributed by atoms with Crippen LogP contribution in [0.1, 0.15) is 16.6 Å². The Bertz CT molecular complexity index is 465. The van der Waals surface area contributed by atoms with Gasteiger partial charge >= 0.3 is 12.1 Å². The smallest absolute Gasteiger partial charge is 0.475 e. The highest BCUT2D eigenvalue weighted by Gasteiger charge is 2.54. The van der Waals surface area contributed by atoms with Crippen molar-refractivity contribution in [2.24, 2.45) is 11.8 Å². The molecule has 19 heavy (non-hydrogen) atoms. The van der Waals surface area contributed by atoms with Crippen LogP contribution in [-0.2, 0) is 4.79 Å². The topological polar surface area (TPSA) is 62.2 Å². The van der Waals surface area contributed by atoms with Gasteiger partial charge in [0.25, 0.3) is 0 Å². The lowest BCUT2D eigenvalue weighted by molar-refractivity contribution is -0.192. The van der Waals surface area contributed by atoms with Crippen molar-refractivity contribution >= 4 is 17.3 Å². The fourth-order valence-corrected chi connectivity index (χ4v) is 3.05. The summed E-state index contributed by atoms with van der Waals surface area (Å²) in [5.74, 6) is -0.137. The summed E-state index contributed by atoms with van der Waals surface area (Å²) in [7, 11) is 0. The van der Waals surface area contributed by atoms with Gasteiger partial charge in [0.1, 0.15) is 0 Å². The highest BCUT2D eigenvalue weighted by Crippen LogP contribution is 2.55. The van der Waals surface area contributed by atoms with Gasteiger partial charge in [-0.3, -0.25) is 0 Å². The lowest BCUT2D eigenvalue weighted by Crippen LogP contribution is -2.21. The highest BCUT2D eigenvalue weighted by molar-refractivity contribution is 7.09. The molecule has 8 heteroatoms. The van der Waals surface area contributed by atoms with Gasteiger partial charge in [0.2, 0.25) is 0 Å². The first-order valence-corrected chi connectivity index (χ1v) is 6.61. The number of hydrogen-bond acceptors (Lipinski definition) is 4. The Hall–Kier alpha value is -1.15. The Morgan fingerprint density at radius 2 is 2.00 bits per heavy atom. The fourth-order valence-electron chi connectivity index (χ4n) is 2.39. The molecule has 4 nitrogen and oxygen atoms in total. The largest absolute Gasteiger partial charge is 0.490 e. The number of carbonyl (C=O) groups is 1. The summed E-state index contributed by atoms with van der Waals surface area (Å²) in [5, 5.41) is 14.0. The fraction of sp³-hybridized carbons (Fsp3) is 0.636. The van der Waals surface area contributed by atoms with E-state index in [-0.39, 0.29) is 0 Å². The number of thiazole rings is 1. The predicted octanol–water partition coefficient (Wildman–Crippen LogP) is 2.02. The van der Waals surface area contributed by atoms with Crippen molar-refractivity contribution in [3.8, 4) is 0 Å². The van der Waals surface area contributed by atoms with Crippen molar-refractivity contribution in [1.82, 2.24) is 10.3 Å². The first-order valence-electron chi connectivity index (χ1n) is 5.73. The van der Waals surface area contributed by atoms with Crippen LogP contribution in [0.15, 0.2) is 5.38 Å². The minimum absolute atomic E-state index is 0.802. The van der Waals surface area contributed by atoms with Gasteiger partial charge in [0.05, 0.1) is 10.7 Å². The Morgan fingerprint density at radius 1 is 1.47 bits per heavy atom. The van der Waals surface area contributed by atoms with Gasteiger partial charge in [0, 0.05) is 11.3 Å². The number of hydrogen-bond donors (Lipinski definition) is 2. The Kier molecular flexibility index (Phi) is 3.82. The maximum Gasteiger partial charge on any atom is 0.490 e. The minimum Gasteiger partial charge on any atom is -0.475 e. The van der Waals surface area contributed by atoms with E-state index in [0.29, 0.717) is 0 Å². The Balaban J connectivity index is 0.000000167. The molecular weight excluding hydrogens is 281 g/mol.